The van der Waals surface area contributed by atoms with Gasteiger partial charge in [-0.25, -0.2) is 15.0 Å². The van der Waals surface area contributed by atoms with Crippen LogP contribution in [0.4, 0.5) is 0 Å². The lowest BCUT2D eigenvalue weighted by atomic mass is 9.77. The fraction of sp³-hybridized carbons (Fsp3) is 0.529. The maximum absolute atomic E-state index is 12.6. The van der Waals surface area contributed by atoms with Crippen LogP contribution in [0, 0.1) is 6.92 Å². The lowest BCUT2D eigenvalue weighted by Crippen LogP contribution is -2.48. The molecule has 1 unspecified atom stereocenters. The van der Waals surface area contributed by atoms with E-state index in [9.17, 15) is 4.79 Å². The van der Waals surface area contributed by atoms with Crippen molar-refractivity contribution in [2.24, 2.45) is 0 Å². The van der Waals surface area contributed by atoms with Gasteiger partial charge in [-0.1, -0.05) is 0 Å². The average molecular weight is 311 g/mol. The molecule has 2 aromatic rings. The zero-order chi connectivity index (χ0) is 15.9. The van der Waals surface area contributed by atoms with E-state index in [-0.39, 0.29) is 11.3 Å². The third kappa shape index (κ3) is 2.52. The van der Waals surface area contributed by atoms with Crippen LogP contribution in [0.1, 0.15) is 36.3 Å². The minimum Gasteiger partial charge on any atom is -0.340 e. The number of rotatable bonds is 2. The van der Waals surface area contributed by atoms with Gasteiger partial charge in [0, 0.05) is 37.1 Å². The molecule has 0 N–H and O–H groups in total. The average Bonchev–Trinajstić information content (AvgIpc) is 3.17. The quantitative estimate of drug-likeness (QED) is 0.843. The third-order valence-corrected chi connectivity index (χ3v) is 5.17. The van der Waals surface area contributed by atoms with Crippen LogP contribution < -0.4 is 0 Å². The second-order valence-electron chi connectivity index (χ2n) is 6.73. The van der Waals surface area contributed by atoms with E-state index in [0.717, 1.165) is 44.6 Å². The minimum atomic E-state index is 0.0336. The van der Waals surface area contributed by atoms with E-state index < -0.39 is 0 Å². The van der Waals surface area contributed by atoms with E-state index in [2.05, 4.69) is 9.97 Å². The van der Waals surface area contributed by atoms with E-state index in [1.54, 1.807) is 12.5 Å². The van der Waals surface area contributed by atoms with Crippen LogP contribution in [0.3, 0.4) is 0 Å². The van der Waals surface area contributed by atoms with Crippen molar-refractivity contribution in [2.75, 3.05) is 13.1 Å². The van der Waals surface area contributed by atoms with E-state index in [1.165, 1.54) is 11.3 Å². The second kappa shape index (κ2) is 5.44. The SMILES string of the molecule is Cc1ncc2c(n1)C1(CCCN(C(=O)Cn3ccnc3)C1)CC2. The highest BCUT2D eigenvalue weighted by Crippen LogP contribution is 2.43. The number of carbonyl (C=O) groups is 1. The molecule has 0 bridgehead atoms. The van der Waals surface area contributed by atoms with Gasteiger partial charge < -0.3 is 9.47 Å². The van der Waals surface area contributed by atoms with Crippen LogP contribution in [-0.2, 0) is 23.2 Å². The molecule has 0 radical (unpaired) electrons. The first-order chi connectivity index (χ1) is 11.2. The summed E-state index contributed by atoms with van der Waals surface area (Å²) in [4.78, 5) is 27.7. The lowest BCUT2D eigenvalue weighted by Gasteiger charge is -2.40. The normalized spacial score (nSPS) is 23.3. The highest BCUT2D eigenvalue weighted by Gasteiger charge is 2.44. The second-order valence-corrected chi connectivity index (χ2v) is 6.73. The number of aromatic nitrogens is 4. The van der Waals surface area contributed by atoms with Gasteiger partial charge in [0.15, 0.2) is 0 Å². The Morgan fingerprint density at radius 3 is 3.13 bits per heavy atom. The highest BCUT2D eigenvalue weighted by molar-refractivity contribution is 5.76. The number of carbonyl (C=O) groups excluding carboxylic acids is 1. The van der Waals surface area contributed by atoms with Gasteiger partial charge >= 0.3 is 0 Å². The zero-order valence-corrected chi connectivity index (χ0v) is 13.4. The van der Waals surface area contributed by atoms with E-state index in [1.807, 2.05) is 28.8 Å². The fourth-order valence-corrected chi connectivity index (χ4v) is 4.01. The topological polar surface area (TPSA) is 63.9 Å². The number of nitrogens with zero attached hydrogens (tertiary/aromatic N) is 5. The lowest BCUT2D eigenvalue weighted by molar-refractivity contribution is -0.134. The summed E-state index contributed by atoms with van der Waals surface area (Å²) in [6.07, 6.45) is 11.5. The number of hydrogen-bond acceptors (Lipinski definition) is 4. The van der Waals surface area contributed by atoms with Crippen molar-refractivity contribution in [3.63, 3.8) is 0 Å². The number of hydrogen-bond donors (Lipinski definition) is 0. The Morgan fingerprint density at radius 2 is 2.30 bits per heavy atom. The van der Waals surface area contributed by atoms with Gasteiger partial charge in [-0.3, -0.25) is 4.79 Å². The number of amides is 1. The molecule has 0 aromatic carbocycles. The molecule has 1 spiro atoms. The van der Waals surface area contributed by atoms with Crippen LogP contribution in [0.2, 0.25) is 0 Å². The summed E-state index contributed by atoms with van der Waals surface area (Å²) in [5.41, 5.74) is 2.48. The first-order valence-corrected chi connectivity index (χ1v) is 8.23. The van der Waals surface area contributed by atoms with Gasteiger partial charge in [0.25, 0.3) is 0 Å². The van der Waals surface area contributed by atoms with Crippen molar-refractivity contribution in [1.29, 1.82) is 0 Å². The maximum Gasteiger partial charge on any atom is 0.242 e. The first-order valence-electron chi connectivity index (χ1n) is 8.23. The van der Waals surface area contributed by atoms with Crippen molar-refractivity contribution < 1.29 is 4.79 Å². The summed E-state index contributed by atoms with van der Waals surface area (Å²) in [6.45, 7) is 3.93. The number of piperidine rings is 1. The van der Waals surface area contributed by atoms with Gasteiger partial charge in [-0.15, -0.1) is 0 Å². The molecule has 1 aliphatic heterocycles. The van der Waals surface area contributed by atoms with Crippen molar-refractivity contribution in [2.45, 2.75) is 44.6 Å². The molecule has 6 heteroatoms. The summed E-state index contributed by atoms with van der Waals surface area (Å²) in [5, 5.41) is 0. The number of likely N-dealkylation sites (tertiary alicyclic amines) is 1. The van der Waals surface area contributed by atoms with Crippen molar-refractivity contribution in [3.05, 3.63) is 42.0 Å². The van der Waals surface area contributed by atoms with Gasteiger partial charge in [0.1, 0.15) is 12.4 Å². The largest absolute Gasteiger partial charge is 0.340 e. The fourth-order valence-electron chi connectivity index (χ4n) is 4.01. The highest BCUT2D eigenvalue weighted by atomic mass is 16.2. The Hall–Kier alpha value is -2.24. The minimum absolute atomic E-state index is 0.0336. The molecule has 23 heavy (non-hydrogen) atoms. The summed E-state index contributed by atoms with van der Waals surface area (Å²) in [7, 11) is 0. The standard InChI is InChI=1S/C17H21N5O/c1-13-19-9-14-3-5-17(16(14)20-13)4-2-7-22(11-17)15(23)10-21-8-6-18-12-21/h6,8-9,12H,2-5,7,10-11H2,1H3. The van der Waals surface area contributed by atoms with E-state index in [0.29, 0.717) is 6.54 Å². The Morgan fingerprint density at radius 1 is 1.39 bits per heavy atom. The van der Waals surface area contributed by atoms with E-state index in [4.69, 9.17) is 4.98 Å². The predicted octanol–water partition coefficient (Wildman–Crippen LogP) is 1.49. The Kier molecular flexibility index (Phi) is 3.39. The van der Waals surface area contributed by atoms with Crippen LogP contribution in [0.25, 0.3) is 0 Å². The molecule has 120 valence electrons. The van der Waals surface area contributed by atoms with Crippen molar-refractivity contribution in [1.82, 2.24) is 24.4 Å². The molecule has 1 saturated heterocycles. The molecule has 3 heterocycles. The summed E-state index contributed by atoms with van der Waals surface area (Å²) < 4.78 is 1.83. The smallest absolute Gasteiger partial charge is 0.242 e. The molecular formula is C17H21N5O. The molecule has 1 aliphatic carbocycles. The molecule has 1 amide bonds. The monoisotopic (exact) mass is 311 g/mol. The summed E-state index contributed by atoms with van der Waals surface area (Å²) >= 11 is 0. The Bertz CT molecular complexity index is 723. The summed E-state index contributed by atoms with van der Waals surface area (Å²) in [6, 6.07) is 0. The van der Waals surface area contributed by atoms with Crippen molar-refractivity contribution >= 4 is 5.91 Å². The molecule has 6 nitrogen and oxygen atoms in total. The van der Waals surface area contributed by atoms with Crippen LogP contribution >= 0.6 is 0 Å². The first kappa shape index (κ1) is 14.4. The van der Waals surface area contributed by atoms with Gasteiger partial charge in [-0.2, -0.15) is 0 Å². The molecule has 1 atom stereocenters. The number of aryl methyl sites for hydroxylation is 2. The predicted molar refractivity (Wildman–Crippen MR) is 84.8 cm³/mol. The van der Waals surface area contributed by atoms with Gasteiger partial charge in [-0.05, 0) is 38.2 Å². The molecule has 4 rings (SSSR count). The van der Waals surface area contributed by atoms with Crippen LogP contribution in [0.5, 0.6) is 0 Å². The number of imidazole rings is 1. The van der Waals surface area contributed by atoms with Crippen LogP contribution in [-0.4, -0.2) is 43.4 Å². The maximum atomic E-state index is 12.6. The Balaban J connectivity index is 1.56. The van der Waals surface area contributed by atoms with Crippen LogP contribution in [0.15, 0.2) is 24.9 Å². The third-order valence-electron chi connectivity index (χ3n) is 5.17. The zero-order valence-electron chi connectivity index (χ0n) is 13.4. The number of fused-ring (bicyclic) bond motifs is 2. The molecule has 2 aromatic heterocycles. The molecule has 0 saturated carbocycles. The van der Waals surface area contributed by atoms with Crippen molar-refractivity contribution in [3.8, 4) is 0 Å². The Labute approximate surface area is 135 Å². The van der Waals surface area contributed by atoms with Gasteiger partial charge in [0.05, 0.1) is 12.0 Å². The van der Waals surface area contributed by atoms with E-state index >= 15 is 0 Å². The van der Waals surface area contributed by atoms with Gasteiger partial charge in [0.2, 0.25) is 5.91 Å². The molecule has 2 aliphatic rings. The molecular weight excluding hydrogens is 290 g/mol. The molecule has 1 fully saturated rings. The summed E-state index contributed by atoms with van der Waals surface area (Å²) in [5.74, 6) is 0.994.